The average Bonchev–Trinajstić information content (AvgIpc) is 3.04. The Balaban J connectivity index is 1.73. The number of aliphatic hydroxyl groups is 14. The zero-order valence-electron chi connectivity index (χ0n) is 23.9. The van der Waals surface area contributed by atoms with Gasteiger partial charge in [0.2, 0.25) is 0 Å². The van der Waals surface area contributed by atoms with E-state index in [1.165, 1.54) is 0 Å². The number of hydrogen-bond acceptors (Lipinski definition) is 21. The van der Waals surface area contributed by atoms with Crippen molar-refractivity contribution in [3.05, 3.63) is 0 Å². The highest BCUT2D eigenvalue weighted by molar-refractivity contribution is 5.72. The minimum Gasteiger partial charge on any atom is -0.479 e. The molecule has 0 spiro atoms. The van der Waals surface area contributed by atoms with Crippen molar-refractivity contribution in [3.8, 4) is 0 Å². The van der Waals surface area contributed by atoms with Gasteiger partial charge in [-0.25, -0.2) is 4.79 Å². The zero-order valence-corrected chi connectivity index (χ0v) is 23.9. The van der Waals surface area contributed by atoms with Gasteiger partial charge in [0.15, 0.2) is 25.0 Å². The topological polar surface area (TPSA) is 376 Å². The predicted octanol–water partition coefficient (Wildman–Crippen LogP) is -10.0. The fraction of sp³-hybridized carbons (Fsp3) is 0.958. The Hall–Kier alpha value is -1.33. The summed E-state index contributed by atoms with van der Waals surface area (Å²) < 4.78 is 32.2. The summed E-state index contributed by atoms with van der Waals surface area (Å²) in [4.78, 5) is 11.1. The minimum atomic E-state index is -2.54. The highest BCUT2D eigenvalue weighted by Crippen LogP contribution is 2.33. The van der Waals surface area contributed by atoms with Crippen LogP contribution in [0.5, 0.6) is 0 Å². The van der Waals surface area contributed by atoms with Crippen molar-refractivity contribution in [1.29, 1.82) is 0 Å². The quantitative estimate of drug-likeness (QED) is 0.0808. The first-order chi connectivity index (χ1) is 21.6. The molecule has 0 bridgehead atoms. The standard InChI is InChI=1S/C24H42O22/c25-1-5(29)18(11(32)14(35)21(39)40)44-23-16(37)12(33)20(7(3-27)42-23)46-24-17(38)13(34)19(8(4-28)43-24)45-22-15(36)10(31)9(30)6(2-26)41-22/h5-20,22-38H,1-4H2,(H,39,40)/t5-,6-,7-,8-,9-,10+,11+,12-,13-,14+,15-,16-,17-,18+,19-,20-,22-,23-,24-/m1/s1. The van der Waals surface area contributed by atoms with Crippen molar-refractivity contribution in [2.24, 2.45) is 0 Å². The number of carbonyl (C=O) groups is 1. The van der Waals surface area contributed by atoms with E-state index >= 15 is 0 Å². The van der Waals surface area contributed by atoms with E-state index in [9.17, 15) is 76.3 Å². The van der Waals surface area contributed by atoms with E-state index in [1.807, 2.05) is 0 Å². The van der Waals surface area contributed by atoms with Crippen molar-refractivity contribution < 1.29 is 110 Å². The first-order valence-electron chi connectivity index (χ1n) is 14.0. The summed E-state index contributed by atoms with van der Waals surface area (Å²) in [7, 11) is 0. The monoisotopic (exact) mass is 682 g/mol. The molecule has 46 heavy (non-hydrogen) atoms. The number of carboxylic acid groups (broad SMARTS) is 1. The van der Waals surface area contributed by atoms with Gasteiger partial charge in [0.05, 0.1) is 26.4 Å². The molecule has 22 nitrogen and oxygen atoms in total. The molecule has 3 heterocycles. The molecule has 0 amide bonds. The molecule has 0 saturated carbocycles. The van der Waals surface area contributed by atoms with Crippen LogP contribution in [0.3, 0.4) is 0 Å². The van der Waals surface area contributed by atoms with Gasteiger partial charge in [0.1, 0.15) is 91.6 Å². The Labute approximate surface area is 259 Å². The Morgan fingerprint density at radius 1 is 0.587 bits per heavy atom. The molecule has 0 aromatic heterocycles. The maximum atomic E-state index is 11.1. The van der Waals surface area contributed by atoms with E-state index in [0.29, 0.717) is 0 Å². The molecule has 0 aliphatic carbocycles. The van der Waals surface area contributed by atoms with Crippen molar-refractivity contribution in [2.75, 3.05) is 26.4 Å². The average molecular weight is 683 g/mol. The predicted molar refractivity (Wildman–Crippen MR) is 137 cm³/mol. The summed E-state index contributed by atoms with van der Waals surface area (Å²) in [5, 5.41) is 150. The maximum Gasteiger partial charge on any atom is 0.335 e. The van der Waals surface area contributed by atoms with E-state index < -0.39 is 149 Å². The lowest BCUT2D eigenvalue weighted by atomic mass is 9.96. The number of aliphatic hydroxyl groups excluding tert-OH is 14. The first kappa shape index (κ1) is 39.1. The SMILES string of the molecule is O=C(O)[C@@H](O)[C@H](O)[C@@H](O[C@H]1O[C@H](CO)[C@@H](O[C@H]2O[C@H](CO)[C@@H](O[C@H]3O[C@H](CO)[C@@H](O)[C@H](O)[C@H]3O)[C@H](O)[C@H]2O)[C@H](O)[C@H]1O)[C@H](O)CO. The number of rotatable bonds is 14. The molecule has 0 radical (unpaired) electrons. The molecule has 3 fully saturated rings. The first-order valence-corrected chi connectivity index (χ1v) is 14.0. The molecule has 3 aliphatic rings. The van der Waals surface area contributed by atoms with Crippen LogP contribution in [-0.2, 0) is 33.2 Å². The van der Waals surface area contributed by atoms with Crippen LogP contribution in [0.15, 0.2) is 0 Å². The number of aliphatic carboxylic acids is 1. The molecule has 0 aromatic rings. The second-order valence-electron chi connectivity index (χ2n) is 10.9. The van der Waals surface area contributed by atoms with Gasteiger partial charge in [-0.05, 0) is 0 Å². The van der Waals surface area contributed by atoms with Crippen LogP contribution in [0.25, 0.3) is 0 Å². The van der Waals surface area contributed by atoms with E-state index in [4.69, 9.17) is 33.5 Å². The number of ether oxygens (including phenoxy) is 6. The normalized spacial score (nSPS) is 44.7. The third-order valence-electron chi connectivity index (χ3n) is 7.84. The van der Waals surface area contributed by atoms with Gasteiger partial charge >= 0.3 is 5.97 Å². The van der Waals surface area contributed by atoms with E-state index in [-0.39, 0.29) is 0 Å². The Morgan fingerprint density at radius 3 is 1.43 bits per heavy atom. The van der Waals surface area contributed by atoms with Gasteiger partial charge in [-0.1, -0.05) is 0 Å². The van der Waals surface area contributed by atoms with E-state index in [0.717, 1.165) is 0 Å². The van der Waals surface area contributed by atoms with Crippen LogP contribution in [-0.4, -0.2) is 226 Å². The summed E-state index contributed by atoms with van der Waals surface area (Å²) in [5.41, 5.74) is 0. The highest BCUT2D eigenvalue weighted by Gasteiger charge is 2.54. The van der Waals surface area contributed by atoms with Gasteiger partial charge < -0.3 is 105 Å². The minimum absolute atomic E-state index is 0.806. The fourth-order valence-corrected chi connectivity index (χ4v) is 5.14. The summed E-state index contributed by atoms with van der Waals surface area (Å²) in [5.74, 6) is -1.94. The summed E-state index contributed by atoms with van der Waals surface area (Å²) >= 11 is 0. The molecule has 0 unspecified atom stereocenters. The summed E-state index contributed by atoms with van der Waals surface area (Å²) in [6, 6.07) is 0. The maximum absolute atomic E-state index is 11.1. The van der Waals surface area contributed by atoms with Gasteiger partial charge in [-0.15, -0.1) is 0 Å². The fourth-order valence-electron chi connectivity index (χ4n) is 5.14. The zero-order chi connectivity index (χ0) is 34.6. The van der Waals surface area contributed by atoms with Crippen LogP contribution in [0.4, 0.5) is 0 Å². The van der Waals surface area contributed by atoms with Crippen molar-refractivity contribution in [2.45, 2.75) is 117 Å². The molecule has 0 aromatic carbocycles. The van der Waals surface area contributed by atoms with Crippen LogP contribution in [0, 0.1) is 0 Å². The molecular formula is C24H42O22. The lowest BCUT2D eigenvalue weighted by molar-refractivity contribution is -0.383. The van der Waals surface area contributed by atoms with Crippen LogP contribution in [0.1, 0.15) is 0 Å². The molecule has 19 atom stereocenters. The second kappa shape index (κ2) is 16.9. The largest absolute Gasteiger partial charge is 0.479 e. The van der Waals surface area contributed by atoms with Gasteiger partial charge in [0.25, 0.3) is 0 Å². The molecule has 270 valence electrons. The number of hydrogen-bond donors (Lipinski definition) is 15. The van der Waals surface area contributed by atoms with Gasteiger partial charge in [-0.3, -0.25) is 0 Å². The molecule has 3 aliphatic heterocycles. The van der Waals surface area contributed by atoms with Gasteiger partial charge in [-0.2, -0.15) is 0 Å². The van der Waals surface area contributed by atoms with Crippen LogP contribution in [0.2, 0.25) is 0 Å². The molecule has 15 N–H and O–H groups in total. The summed E-state index contributed by atoms with van der Waals surface area (Å²) in [6.07, 6.45) is -36.9. The molecule has 3 saturated heterocycles. The summed E-state index contributed by atoms with van der Waals surface area (Å²) in [6.45, 7) is -3.86. The van der Waals surface area contributed by atoms with Crippen LogP contribution < -0.4 is 0 Å². The van der Waals surface area contributed by atoms with E-state index in [1.54, 1.807) is 0 Å². The lowest BCUT2D eigenvalue weighted by Gasteiger charge is -2.48. The molecule has 3 rings (SSSR count). The van der Waals surface area contributed by atoms with Gasteiger partial charge in [0, 0.05) is 0 Å². The Kier molecular flexibility index (Phi) is 14.3. The molecule has 22 heteroatoms. The van der Waals surface area contributed by atoms with Crippen LogP contribution >= 0.6 is 0 Å². The smallest absolute Gasteiger partial charge is 0.335 e. The van der Waals surface area contributed by atoms with Crippen molar-refractivity contribution >= 4 is 5.97 Å². The van der Waals surface area contributed by atoms with Crippen molar-refractivity contribution in [1.82, 2.24) is 0 Å². The third kappa shape index (κ3) is 8.27. The highest BCUT2D eigenvalue weighted by atomic mass is 16.8. The Bertz CT molecular complexity index is 940. The number of carboxylic acids is 1. The third-order valence-corrected chi connectivity index (χ3v) is 7.84. The lowest BCUT2D eigenvalue weighted by Crippen LogP contribution is -2.67. The molecular weight excluding hydrogens is 640 g/mol. The van der Waals surface area contributed by atoms with Crippen molar-refractivity contribution in [3.63, 3.8) is 0 Å². The Morgan fingerprint density at radius 2 is 1.00 bits per heavy atom. The second-order valence-corrected chi connectivity index (χ2v) is 10.9. The van der Waals surface area contributed by atoms with E-state index in [2.05, 4.69) is 0 Å².